The Morgan fingerprint density at radius 1 is 1.09 bits per heavy atom. The molecule has 122 valence electrons. The van der Waals surface area contributed by atoms with Crippen molar-refractivity contribution in [3.05, 3.63) is 11.1 Å². The third-order valence-electron chi connectivity index (χ3n) is 5.89. The quantitative estimate of drug-likeness (QED) is 0.503. The lowest BCUT2D eigenvalue weighted by Crippen LogP contribution is -2.42. The zero-order valence-electron chi connectivity index (χ0n) is 12.7. The zero-order valence-corrected chi connectivity index (χ0v) is 12.7. The van der Waals surface area contributed by atoms with E-state index in [1.165, 1.54) is 0 Å². The molecule has 0 amide bonds. The first kappa shape index (κ1) is 16.1. The van der Waals surface area contributed by atoms with Crippen LogP contribution in [-0.2, 0) is 4.79 Å². The van der Waals surface area contributed by atoms with Crippen LogP contribution in [0.1, 0.15) is 32.6 Å². The van der Waals surface area contributed by atoms with Gasteiger partial charge in [0.15, 0.2) is 5.78 Å². The van der Waals surface area contributed by atoms with E-state index >= 15 is 0 Å². The van der Waals surface area contributed by atoms with Gasteiger partial charge in [0.1, 0.15) is 17.7 Å². The number of Topliss-reactive ketones (excluding diaryl/α,β-unsaturated/α-hetero) is 1. The van der Waals surface area contributed by atoms with Crippen LogP contribution in [0.5, 0.6) is 0 Å². The zero-order chi connectivity index (χ0) is 16.9. The monoisotopic (exact) mass is 322 g/mol. The van der Waals surface area contributed by atoms with Crippen LogP contribution in [0.3, 0.4) is 0 Å². The Kier molecular flexibility index (Phi) is 3.75. The van der Waals surface area contributed by atoms with Crippen LogP contribution in [-0.4, -0.2) is 12.0 Å². The number of alkyl halides is 3. The second kappa shape index (κ2) is 5.37. The first-order chi connectivity index (χ1) is 10.8. The lowest BCUT2D eigenvalue weighted by molar-refractivity contribution is -0.196. The van der Waals surface area contributed by atoms with E-state index in [4.69, 9.17) is 10.5 Å². The van der Waals surface area contributed by atoms with Gasteiger partial charge < -0.3 is 0 Å². The summed E-state index contributed by atoms with van der Waals surface area (Å²) in [6.07, 6.45) is -3.04. The normalized spacial score (nSPS) is 39.4. The molecule has 6 unspecified atom stereocenters. The SMILES string of the molecule is CC1CC2CC(C(F)(F)F)CC3C(=C(C#N)C#N)C(=O)C(C1)C23. The van der Waals surface area contributed by atoms with Gasteiger partial charge >= 0.3 is 6.18 Å². The summed E-state index contributed by atoms with van der Waals surface area (Å²) in [4.78, 5) is 12.7. The highest BCUT2D eigenvalue weighted by Crippen LogP contribution is 2.59. The van der Waals surface area contributed by atoms with Crippen LogP contribution in [0.4, 0.5) is 13.2 Å². The fraction of sp³-hybridized carbons (Fsp3) is 0.706. The third-order valence-corrected chi connectivity index (χ3v) is 5.89. The number of nitrogens with zero attached hydrogens (tertiary/aromatic N) is 2. The first-order valence-corrected chi connectivity index (χ1v) is 7.93. The van der Waals surface area contributed by atoms with E-state index in [2.05, 4.69) is 0 Å². The topological polar surface area (TPSA) is 64.7 Å². The van der Waals surface area contributed by atoms with Crippen LogP contribution >= 0.6 is 0 Å². The Morgan fingerprint density at radius 2 is 1.74 bits per heavy atom. The van der Waals surface area contributed by atoms with Gasteiger partial charge in [-0.15, -0.1) is 0 Å². The van der Waals surface area contributed by atoms with Gasteiger partial charge in [-0.25, -0.2) is 0 Å². The number of allylic oxidation sites excluding steroid dienone is 2. The molecule has 23 heavy (non-hydrogen) atoms. The Bertz CT molecular complexity index is 636. The summed E-state index contributed by atoms with van der Waals surface area (Å²) in [5.41, 5.74) is -0.207. The summed E-state index contributed by atoms with van der Waals surface area (Å²) in [7, 11) is 0. The van der Waals surface area contributed by atoms with Crippen molar-refractivity contribution in [3.8, 4) is 12.1 Å². The maximum absolute atomic E-state index is 13.3. The van der Waals surface area contributed by atoms with E-state index < -0.39 is 18.0 Å². The summed E-state index contributed by atoms with van der Waals surface area (Å²) >= 11 is 0. The van der Waals surface area contributed by atoms with Crippen molar-refractivity contribution in [3.63, 3.8) is 0 Å². The van der Waals surface area contributed by atoms with Gasteiger partial charge in [-0.2, -0.15) is 23.7 Å². The average Bonchev–Trinajstić information content (AvgIpc) is 2.74. The van der Waals surface area contributed by atoms with E-state index in [1.807, 2.05) is 6.92 Å². The second-order valence-electron chi connectivity index (χ2n) is 7.21. The largest absolute Gasteiger partial charge is 0.391 e. The molecule has 3 nitrogen and oxygen atoms in total. The van der Waals surface area contributed by atoms with Gasteiger partial charge in [-0.1, -0.05) is 6.92 Å². The molecule has 0 aromatic heterocycles. The molecular weight excluding hydrogens is 305 g/mol. The lowest BCUT2D eigenvalue weighted by atomic mass is 9.59. The second-order valence-corrected chi connectivity index (χ2v) is 7.21. The van der Waals surface area contributed by atoms with E-state index in [-0.39, 0.29) is 53.4 Å². The fourth-order valence-corrected chi connectivity index (χ4v) is 5.17. The predicted octanol–water partition coefficient (Wildman–Crippen LogP) is 3.78. The average molecular weight is 322 g/mol. The van der Waals surface area contributed by atoms with Crippen molar-refractivity contribution >= 4 is 5.78 Å². The minimum absolute atomic E-state index is 0.0699. The van der Waals surface area contributed by atoms with Crippen molar-refractivity contribution in [2.24, 2.45) is 35.5 Å². The molecule has 3 fully saturated rings. The molecule has 0 aliphatic heterocycles. The Labute approximate surface area is 132 Å². The maximum Gasteiger partial charge on any atom is 0.391 e. The molecular formula is C17H17F3N2O. The summed E-state index contributed by atoms with van der Waals surface area (Å²) in [6.45, 7) is 1.97. The van der Waals surface area contributed by atoms with Crippen LogP contribution in [0.2, 0.25) is 0 Å². The standard InChI is InChI=1S/C17H17F3N2O/c1-8-2-9-4-11(17(18,19)20)5-12-14(9)13(3-8)16(23)15(12)10(6-21)7-22/h8-9,11-14H,2-5H2,1H3. The van der Waals surface area contributed by atoms with E-state index in [0.717, 1.165) is 0 Å². The molecule has 3 aliphatic carbocycles. The summed E-state index contributed by atoms with van der Waals surface area (Å²) in [5.74, 6) is -2.66. The highest BCUT2D eigenvalue weighted by Gasteiger charge is 2.59. The van der Waals surface area contributed by atoms with Gasteiger partial charge in [0.05, 0.1) is 5.92 Å². The molecule has 0 bridgehead atoms. The van der Waals surface area contributed by atoms with Gasteiger partial charge in [0.2, 0.25) is 0 Å². The molecule has 0 N–H and O–H groups in total. The van der Waals surface area contributed by atoms with Crippen molar-refractivity contribution in [1.82, 2.24) is 0 Å². The van der Waals surface area contributed by atoms with Crippen molar-refractivity contribution in [2.45, 2.75) is 38.8 Å². The Balaban J connectivity index is 2.08. The van der Waals surface area contributed by atoms with E-state index in [1.54, 1.807) is 12.1 Å². The predicted molar refractivity (Wildman–Crippen MR) is 74.4 cm³/mol. The molecule has 0 spiro atoms. The van der Waals surface area contributed by atoms with Crippen LogP contribution in [0.25, 0.3) is 0 Å². The fourth-order valence-electron chi connectivity index (χ4n) is 5.17. The molecule has 3 rings (SSSR count). The van der Waals surface area contributed by atoms with Crippen LogP contribution < -0.4 is 0 Å². The first-order valence-electron chi connectivity index (χ1n) is 7.93. The molecule has 3 saturated carbocycles. The Hall–Kier alpha value is -1.82. The number of ketones is 1. The summed E-state index contributed by atoms with van der Waals surface area (Å²) in [6, 6.07) is 3.44. The maximum atomic E-state index is 13.3. The number of carbonyl (C=O) groups excluding carboxylic acids is 1. The minimum atomic E-state index is -4.29. The summed E-state index contributed by atoms with van der Waals surface area (Å²) < 4.78 is 39.8. The Morgan fingerprint density at radius 3 is 2.30 bits per heavy atom. The minimum Gasteiger partial charge on any atom is -0.294 e. The molecule has 6 atom stereocenters. The van der Waals surface area contributed by atoms with Gasteiger partial charge in [-0.05, 0) is 49.4 Å². The number of nitriles is 2. The van der Waals surface area contributed by atoms with Gasteiger partial charge in [0.25, 0.3) is 0 Å². The van der Waals surface area contributed by atoms with Gasteiger partial charge in [-0.3, -0.25) is 4.79 Å². The molecule has 3 aliphatic rings. The van der Waals surface area contributed by atoms with Crippen LogP contribution in [0.15, 0.2) is 11.1 Å². The number of hydrogen-bond donors (Lipinski definition) is 0. The van der Waals surface area contributed by atoms with Crippen molar-refractivity contribution in [1.29, 1.82) is 10.5 Å². The lowest BCUT2D eigenvalue weighted by Gasteiger charge is -2.45. The number of halogens is 3. The third kappa shape index (κ3) is 2.45. The molecule has 0 radical (unpaired) electrons. The number of carbonyl (C=O) groups is 1. The number of rotatable bonds is 0. The highest BCUT2D eigenvalue weighted by molar-refractivity contribution is 6.02. The van der Waals surface area contributed by atoms with Crippen molar-refractivity contribution in [2.75, 3.05) is 0 Å². The van der Waals surface area contributed by atoms with Crippen LogP contribution in [0, 0.1) is 58.2 Å². The smallest absolute Gasteiger partial charge is 0.294 e. The summed E-state index contributed by atoms with van der Waals surface area (Å²) in [5, 5.41) is 18.2. The molecule has 0 aromatic carbocycles. The highest BCUT2D eigenvalue weighted by atomic mass is 19.4. The van der Waals surface area contributed by atoms with E-state index in [9.17, 15) is 18.0 Å². The number of hydrogen-bond acceptors (Lipinski definition) is 3. The van der Waals surface area contributed by atoms with Gasteiger partial charge in [0, 0.05) is 11.5 Å². The molecule has 0 heterocycles. The molecule has 0 saturated heterocycles. The molecule has 0 aromatic rings. The molecule has 6 heteroatoms. The van der Waals surface area contributed by atoms with Crippen molar-refractivity contribution < 1.29 is 18.0 Å². The van der Waals surface area contributed by atoms with E-state index in [0.29, 0.717) is 12.8 Å².